The molecule has 2 rings (SSSR count). The summed E-state index contributed by atoms with van der Waals surface area (Å²) in [5.41, 5.74) is 1.18. The number of ether oxygens (including phenoxy) is 1. The molecule has 1 aromatic carbocycles. The average molecular weight is 269 g/mol. The van der Waals surface area contributed by atoms with Crippen LogP contribution < -0.4 is 10.2 Å². The summed E-state index contributed by atoms with van der Waals surface area (Å²) >= 11 is 0. The fourth-order valence-electron chi connectivity index (χ4n) is 1.71. The fraction of sp³-hybridized carbons (Fsp3) is 0.154. The van der Waals surface area contributed by atoms with Crippen LogP contribution in [0.4, 0.5) is 13.2 Å². The van der Waals surface area contributed by atoms with Crippen LogP contribution >= 0.6 is 0 Å². The van der Waals surface area contributed by atoms with Crippen LogP contribution in [0.25, 0.3) is 11.3 Å². The molecule has 0 atom stereocenters. The smallest absolute Gasteiger partial charge is 0.406 e. The zero-order valence-electron chi connectivity index (χ0n) is 9.91. The first kappa shape index (κ1) is 13.2. The normalized spacial score (nSPS) is 11.4. The van der Waals surface area contributed by atoms with Gasteiger partial charge in [0.15, 0.2) is 5.43 Å². The van der Waals surface area contributed by atoms with Gasteiger partial charge < -0.3 is 9.72 Å². The quantitative estimate of drug-likeness (QED) is 0.909. The van der Waals surface area contributed by atoms with E-state index in [4.69, 9.17) is 0 Å². The molecule has 0 aliphatic rings. The lowest BCUT2D eigenvalue weighted by atomic mass is 10.1. The molecular formula is C13H10F3NO2. The maximum Gasteiger partial charge on any atom is 0.573 e. The number of pyridine rings is 1. The van der Waals surface area contributed by atoms with Gasteiger partial charge in [-0.1, -0.05) is 12.1 Å². The number of nitrogens with one attached hydrogen (secondary N) is 1. The van der Waals surface area contributed by atoms with Crippen LogP contribution in [0.15, 0.2) is 41.3 Å². The second kappa shape index (κ2) is 4.79. The molecule has 0 spiro atoms. The van der Waals surface area contributed by atoms with E-state index in [2.05, 4.69) is 9.72 Å². The van der Waals surface area contributed by atoms with Crippen molar-refractivity contribution < 1.29 is 17.9 Å². The number of alkyl halides is 3. The lowest BCUT2D eigenvalue weighted by molar-refractivity contribution is -0.274. The van der Waals surface area contributed by atoms with Gasteiger partial charge in [0.25, 0.3) is 0 Å². The molecular weight excluding hydrogens is 259 g/mol. The van der Waals surface area contributed by atoms with Crippen LogP contribution in [0.3, 0.4) is 0 Å². The predicted molar refractivity (Wildman–Crippen MR) is 63.9 cm³/mol. The molecule has 0 fully saturated rings. The lowest BCUT2D eigenvalue weighted by Crippen LogP contribution is -2.17. The first-order valence-electron chi connectivity index (χ1n) is 5.41. The van der Waals surface area contributed by atoms with Gasteiger partial charge in [0, 0.05) is 23.4 Å². The maximum atomic E-state index is 12.1. The van der Waals surface area contributed by atoms with Crippen molar-refractivity contribution in [2.45, 2.75) is 13.3 Å². The first-order chi connectivity index (χ1) is 8.87. The number of rotatable bonds is 2. The summed E-state index contributed by atoms with van der Waals surface area (Å²) < 4.78 is 40.3. The molecule has 1 heterocycles. The summed E-state index contributed by atoms with van der Waals surface area (Å²) in [6.45, 7) is 1.60. The van der Waals surface area contributed by atoms with Crippen molar-refractivity contribution >= 4 is 0 Å². The first-order valence-corrected chi connectivity index (χ1v) is 5.41. The molecule has 0 bridgehead atoms. The molecule has 0 unspecified atom stereocenters. The van der Waals surface area contributed by atoms with E-state index in [1.54, 1.807) is 13.0 Å². The van der Waals surface area contributed by atoms with Gasteiger partial charge in [0.05, 0.1) is 5.69 Å². The second-order valence-electron chi connectivity index (χ2n) is 3.92. The van der Waals surface area contributed by atoms with Crippen LogP contribution in [0.5, 0.6) is 5.75 Å². The van der Waals surface area contributed by atoms with Crippen molar-refractivity contribution in [3.63, 3.8) is 0 Å². The predicted octanol–water partition coefficient (Wildman–Crippen LogP) is 3.25. The summed E-state index contributed by atoms with van der Waals surface area (Å²) in [6, 6.07) is 6.82. The summed E-state index contributed by atoms with van der Waals surface area (Å²) in [5.74, 6) is -0.325. The number of aromatic nitrogens is 1. The van der Waals surface area contributed by atoms with Crippen LogP contribution in [0.2, 0.25) is 0 Å². The minimum absolute atomic E-state index is 0.184. The van der Waals surface area contributed by atoms with E-state index in [1.807, 2.05) is 0 Å². The summed E-state index contributed by atoms with van der Waals surface area (Å²) in [6.07, 6.45) is -3.29. The highest BCUT2D eigenvalue weighted by Gasteiger charge is 2.31. The number of hydrogen-bond donors (Lipinski definition) is 1. The number of halogens is 3. The Labute approximate surface area is 106 Å². The molecule has 0 aliphatic carbocycles. The van der Waals surface area contributed by atoms with Crippen LogP contribution in [0.1, 0.15) is 5.56 Å². The summed E-state index contributed by atoms with van der Waals surface area (Å²) in [7, 11) is 0. The van der Waals surface area contributed by atoms with Crippen LogP contribution in [0, 0.1) is 6.92 Å². The highest BCUT2D eigenvalue weighted by Crippen LogP contribution is 2.27. The molecule has 0 saturated heterocycles. The fourth-order valence-corrected chi connectivity index (χ4v) is 1.71. The Morgan fingerprint density at radius 2 is 1.95 bits per heavy atom. The number of hydrogen-bond acceptors (Lipinski definition) is 2. The highest BCUT2D eigenvalue weighted by atomic mass is 19.4. The van der Waals surface area contributed by atoms with E-state index in [1.165, 1.54) is 30.5 Å². The van der Waals surface area contributed by atoms with Gasteiger partial charge in [-0.25, -0.2) is 0 Å². The zero-order chi connectivity index (χ0) is 14.0. The monoisotopic (exact) mass is 269 g/mol. The third kappa shape index (κ3) is 3.15. The summed E-state index contributed by atoms with van der Waals surface area (Å²) in [5, 5.41) is 0. The molecule has 100 valence electrons. The maximum absolute atomic E-state index is 12.1. The lowest BCUT2D eigenvalue weighted by Gasteiger charge is -2.11. The molecule has 0 amide bonds. The molecule has 0 saturated carbocycles. The van der Waals surface area contributed by atoms with Gasteiger partial charge in [-0.3, -0.25) is 4.79 Å². The van der Waals surface area contributed by atoms with Crippen LogP contribution in [-0.2, 0) is 0 Å². The Bertz CT molecular complexity index is 647. The molecule has 0 aliphatic heterocycles. The molecule has 19 heavy (non-hydrogen) atoms. The minimum Gasteiger partial charge on any atom is -0.406 e. The third-order valence-electron chi connectivity index (χ3n) is 2.56. The van der Waals surface area contributed by atoms with Crippen molar-refractivity contribution in [3.8, 4) is 17.0 Å². The number of aromatic amines is 1. The standard InChI is InChI=1S/C13H10F3NO2/c1-8-11(18)5-6-17-12(8)9-3-2-4-10(7-9)19-13(14,15)16/h2-7H,1H3,(H,17,18). The Hall–Kier alpha value is -2.24. The van der Waals surface area contributed by atoms with Gasteiger partial charge in [0.1, 0.15) is 5.75 Å². The molecule has 3 nitrogen and oxygen atoms in total. The molecule has 0 radical (unpaired) electrons. The molecule has 2 aromatic rings. The molecule has 1 N–H and O–H groups in total. The van der Waals surface area contributed by atoms with E-state index in [0.29, 0.717) is 16.8 Å². The Morgan fingerprint density at radius 1 is 1.21 bits per heavy atom. The van der Waals surface area contributed by atoms with E-state index in [0.717, 1.165) is 0 Å². The van der Waals surface area contributed by atoms with Gasteiger partial charge >= 0.3 is 6.36 Å². The topological polar surface area (TPSA) is 42.1 Å². The Balaban J connectivity index is 2.44. The van der Waals surface area contributed by atoms with Gasteiger partial charge in [-0.05, 0) is 19.1 Å². The van der Waals surface area contributed by atoms with Crippen molar-refractivity contribution in [2.24, 2.45) is 0 Å². The van der Waals surface area contributed by atoms with Gasteiger partial charge in [0.2, 0.25) is 0 Å². The Morgan fingerprint density at radius 3 is 2.63 bits per heavy atom. The number of H-pyrrole nitrogens is 1. The van der Waals surface area contributed by atoms with E-state index in [9.17, 15) is 18.0 Å². The number of benzene rings is 1. The van der Waals surface area contributed by atoms with Gasteiger partial charge in [-0.2, -0.15) is 0 Å². The molecule has 1 aromatic heterocycles. The average Bonchev–Trinajstić information content (AvgIpc) is 2.31. The van der Waals surface area contributed by atoms with Gasteiger partial charge in [-0.15, -0.1) is 13.2 Å². The van der Waals surface area contributed by atoms with Crippen molar-refractivity contribution in [1.29, 1.82) is 0 Å². The van der Waals surface area contributed by atoms with Crippen molar-refractivity contribution in [2.75, 3.05) is 0 Å². The van der Waals surface area contributed by atoms with Crippen molar-refractivity contribution in [1.82, 2.24) is 4.98 Å². The SMILES string of the molecule is Cc1c(-c2cccc(OC(F)(F)F)c2)[nH]ccc1=O. The highest BCUT2D eigenvalue weighted by molar-refractivity contribution is 5.64. The third-order valence-corrected chi connectivity index (χ3v) is 2.56. The second-order valence-corrected chi connectivity index (χ2v) is 3.92. The van der Waals surface area contributed by atoms with Crippen LogP contribution in [-0.4, -0.2) is 11.3 Å². The molecule has 6 heteroatoms. The van der Waals surface area contributed by atoms with E-state index >= 15 is 0 Å². The minimum atomic E-state index is -4.74. The summed E-state index contributed by atoms with van der Waals surface area (Å²) in [4.78, 5) is 14.3. The van der Waals surface area contributed by atoms with E-state index in [-0.39, 0.29) is 11.2 Å². The van der Waals surface area contributed by atoms with E-state index < -0.39 is 6.36 Å². The Kier molecular flexibility index (Phi) is 3.33. The van der Waals surface area contributed by atoms with Crippen molar-refractivity contribution in [3.05, 3.63) is 52.3 Å². The zero-order valence-corrected chi connectivity index (χ0v) is 9.91. The largest absolute Gasteiger partial charge is 0.573 e.